The molecule has 21 heavy (non-hydrogen) atoms. The molecule has 1 aromatic rings. The van der Waals surface area contributed by atoms with Crippen LogP contribution in [0.2, 0.25) is 0 Å². The van der Waals surface area contributed by atoms with Crippen LogP contribution in [0.3, 0.4) is 0 Å². The summed E-state index contributed by atoms with van der Waals surface area (Å²) in [7, 11) is 0. The summed E-state index contributed by atoms with van der Waals surface area (Å²) in [6.07, 6.45) is 4.64. The molecule has 2 fully saturated rings. The quantitative estimate of drug-likeness (QED) is 0.866. The highest BCUT2D eigenvalue weighted by Crippen LogP contribution is 2.54. The average Bonchev–Trinajstić information content (AvgIpc) is 3.15. The number of nitrogens with zero attached hydrogens (tertiary/aromatic N) is 1. The van der Waals surface area contributed by atoms with Crippen molar-refractivity contribution in [3.05, 3.63) is 36.4 Å². The Kier molecular flexibility index (Phi) is 2.82. The van der Waals surface area contributed by atoms with Crippen molar-refractivity contribution in [2.24, 2.45) is 23.7 Å². The van der Waals surface area contributed by atoms with Crippen molar-refractivity contribution in [1.29, 1.82) is 0 Å². The number of aliphatic hydroxyl groups excluding tert-OH is 1. The molecule has 0 radical (unpaired) electrons. The van der Waals surface area contributed by atoms with Crippen LogP contribution in [-0.4, -0.2) is 23.8 Å². The number of allylic oxidation sites excluding steroid dienone is 2. The third-order valence-electron chi connectivity index (χ3n) is 5.08. The Hall–Kier alpha value is -1.81. The molecular weight excluding hydrogens is 266 g/mol. The van der Waals surface area contributed by atoms with Gasteiger partial charge in [0.2, 0.25) is 5.91 Å². The fraction of sp³-hybridized carbons (Fsp3) is 0.471. The molecule has 1 saturated carbocycles. The Morgan fingerprint density at radius 2 is 1.95 bits per heavy atom. The van der Waals surface area contributed by atoms with Gasteiger partial charge in [0, 0.05) is 11.6 Å². The minimum Gasteiger partial charge on any atom is -0.494 e. The molecule has 4 rings (SSSR count). The van der Waals surface area contributed by atoms with Crippen molar-refractivity contribution < 1.29 is 14.6 Å². The summed E-state index contributed by atoms with van der Waals surface area (Å²) >= 11 is 0. The third kappa shape index (κ3) is 1.75. The van der Waals surface area contributed by atoms with Gasteiger partial charge in [-0.2, -0.15) is 0 Å². The number of carbonyl (C=O) groups excluding carboxylic acids is 1. The van der Waals surface area contributed by atoms with E-state index in [-0.39, 0.29) is 17.7 Å². The van der Waals surface area contributed by atoms with Crippen molar-refractivity contribution in [3.63, 3.8) is 0 Å². The number of amides is 1. The summed E-state index contributed by atoms with van der Waals surface area (Å²) in [5.41, 5.74) is 0.754. The number of aliphatic hydroxyl groups is 1. The fourth-order valence-corrected chi connectivity index (χ4v) is 4.23. The van der Waals surface area contributed by atoms with Gasteiger partial charge in [0.1, 0.15) is 12.0 Å². The van der Waals surface area contributed by atoms with Crippen molar-refractivity contribution in [2.75, 3.05) is 11.5 Å². The first-order valence-corrected chi connectivity index (χ1v) is 7.63. The zero-order chi connectivity index (χ0) is 14.6. The molecule has 3 aliphatic rings. The molecule has 5 atom stereocenters. The lowest BCUT2D eigenvalue weighted by atomic mass is 9.85. The van der Waals surface area contributed by atoms with Crippen LogP contribution in [0.15, 0.2) is 36.4 Å². The van der Waals surface area contributed by atoms with E-state index in [1.807, 2.05) is 31.2 Å². The van der Waals surface area contributed by atoms with E-state index in [9.17, 15) is 9.90 Å². The highest BCUT2D eigenvalue weighted by Gasteiger charge is 2.59. The minimum atomic E-state index is -0.708. The summed E-state index contributed by atoms with van der Waals surface area (Å²) in [6, 6.07) is 7.39. The molecule has 1 saturated heterocycles. The van der Waals surface area contributed by atoms with Gasteiger partial charge in [-0.15, -0.1) is 0 Å². The van der Waals surface area contributed by atoms with Gasteiger partial charge in [-0.1, -0.05) is 12.2 Å². The molecule has 5 unspecified atom stereocenters. The topological polar surface area (TPSA) is 49.8 Å². The molecule has 0 aromatic heterocycles. The van der Waals surface area contributed by atoms with Crippen LogP contribution in [0.5, 0.6) is 5.75 Å². The molecule has 1 amide bonds. The van der Waals surface area contributed by atoms with Crippen molar-refractivity contribution in [2.45, 2.75) is 19.6 Å². The Balaban J connectivity index is 1.63. The van der Waals surface area contributed by atoms with Crippen LogP contribution < -0.4 is 9.64 Å². The fourth-order valence-electron chi connectivity index (χ4n) is 4.23. The second-order valence-corrected chi connectivity index (χ2v) is 6.10. The van der Waals surface area contributed by atoms with Crippen molar-refractivity contribution in [1.82, 2.24) is 0 Å². The number of fused-ring (bicyclic) bond motifs is 5. The number of hydrogen-bond donors (Lipinski definition) is 1. The largest absolute Gasteiger partial charge is 0.494 e. The molecule has 1 aromatic carbocycles. The number of benzene rings is 1. The highest BCUT2D eigenvalue weighted by molar-refractivity contribution is 5.99. The maximum absolute atomic E-state index is 12.7. The molecular formula is C17H19NO3. The standard InChI is InChI=1S/C17H19NO3/c1-2-21-13-7-5-12(6-8-13)18-16(19)14-10-3-4-11(9-10)15(14)17(18)20/h3-8,10-11,14-16,19H,2,9H2,1H3. The molecule has 1 N–H and O–H groups in total. The summed E-state index contributed by atoms with van der Waals surface area (Å²) in [6.45, 7) is 2.55. The zero-order valence-corrected chi connectivity index (χ0v) is 12.0. The predicted molar refractivity (Wildman–Crippen MR) is 78.8 cm³/mol. The normalized spacial score (nSPS) is 36.4. The van der Waals surface area contributed by atoms with E-state index < -0.39 is 6.23 Å². The van der Waals surface area contributed by atoms with Crippen molar-refractivity contribution in [3.8, 4) is 5.75 Å². The van der Waals surface area contributed by atoms with Gasteiger partial charge in [-0.25, -0.2) is 0 Å². The van der Waals surface area contributed by atoms with Crippen LogP contribution in [0.1, 0.15) is 13.3 Å². The Labute approximate surface area is 124 Å². The van der Waals surface area contributed by atoms with Gasteiger partial charge in [0.25, 0.3) is 0 Å². The first-order chi connectivity index (χ1) is 10.2. The van der Waals surface area contributed by atoms with E-state index in [1.54, 1.807) is 4.90 Å². The lowest BCUT2D eigenvalue weighted by Gasteiger charge is -2.25. The van der Waals surface area contributed by atoms with Crippen LogP contribution >= 0.6 is 0 Å². The molecule has 2 aliphatic carbocycles. The SMILES string of the molecule is CCOc1ccc(N2C(=O)C3C4C=CC(C4)C3C2O)cc1. The van der Waals surface area contributed by atoms with Gasteiger partial charge >= 0.3 is 0 Å². The van der Waals surface area contributed by atoms with E-state index in [0.717, 1.165) is 17.9 Å². The maximum Gasteiger partial charge on any atom is 0.233 e. The van der Waals surface area contributed by atoms with E-state index >= 15 is 0 Å². The minimum absolute atomic E-state index is 0.0402. The van der Waals surface area contributed by atoms with Gasteiger partial charge in [-0.3, -0.25) is 9.69 Å². The highest BCUT2D eigenvalue weighted by atomic mass is 16.5. The summed E-state index contributed by atoms with van der Waals surface area (Å²) < 4.78 is 5.42. The Bertz CT molecular complexity index is 595. The monoisotopic (exact) mass is 285 g/mol. The van der Waals surface area contributed by atoms with Crippen LogP contribution in [0, 0.1) is 23.7 Å². The van der Waals surface area contributed by atoms with Gasteiger partial charge in [-0.05, 0) is 49.4 Å². The molecule has 0 spiro atoms. The number of carbonyl (C=O) groups is 1. The zero-order valence-electron chi connectivity index (χ0n) is 12.0. The lowest BCUT2D eigenvalue weighted by Crippen LogP contribution is -2.36. The van der Waals surface area contributed by atoms with E-state index in [2.05, 4.69) is 12.2 Å². The summed E-state index contributed by atoms with van der Waals surface area (Å²) in [5.74, 6) is 1.53. The number of hydrogen-bond acceptors (Lipinski definition) is 3. The van der Waals surface area contributed by atoms with Gasteiger partial charge in [0.15, 0.2) is 0 Å². The molecule has 1 aliphatic heterocycles. The van der Waals surface area contributed by atoms with Gasteiger partial charge < -0.3 is 9.84 Å². The van der Waals surface area contributed by atoms with E-state index in [4.69, 9.17) is 4.74 Å². The summed E-state index contributed by atoms with van der Waals surface area (Å²) in [5, 5.41) is 10.6. The summed E-state index contributed by atoms with van der Waals surface area (Å²) in [4.78, 5) is 14.3. The van der Waals surface area contributed by atoms with Crippen LogP contribution in [-0.2, 0) is 4.79 Å². The maximum atomic E-state index is 12.7. The van der Waals surface area contributed by atoms with Gasteiger partial charge in [0.05, 0.1) is 12.5 Å². The van der Waals surface area contributed by atoms with Crippen LogP contribution in [0.4, 0.5) is 5.69 Å². The third-order valence-corrected chi connectivity index (χ3v) is 5.08. The van der Waals surface area contributed by atoms with E-state index in [0.29, 0.717) is 18.4 Å². The molecule has 4 nitrogen and oxygen atoms in total. The first kappa shape index (κ1) is 12.9. The average molecular weight is 285 g/mol. The number of rotatable bonds is 3. The van der Waals surface area contributed by atoms with Crippen molar-refractivity contribution >= 4 is 11.6 Å². The van der Waals surface area contributed by atoms with E-state index in [1.165, 1.54) is 0 Å². The number of ether oxygens (including phenoxy) is 1. The smallest absolute Gasteiger partial charge is 0.233 e. The second-order valence-electron chi connectivity index (χ2n) is 6.10. The molecule has 2 bridgehead atoms. The van der Waals surface area contributed by atoms with Crippen LogP contribution in [0.25, 0.3) is 0 Å². The number of anilines is 1. The molecule has 1 heterocycles. The first-order valence-electron chi connectivity index (χ1n) is 7.63. The Morgan fingerprint density at radius 1 is 1.24 bits per heavy atom. The second kappa shape index (κ2) is 4.60. The Morgan fingerprint density at radius 3 is 2.62 bits per heavy atom. The molecule has 4 heteroatoms. The predicted octanol–water partition coefficient (Wildman–Crippen LogP) is 2.19. The lowest BCUT2D eigenvalue weighted by molar-refractivity contribution is -0.121. The molecule has 110 valence electrons.